The maximum atomic E-state index is 4.67. The summed E-state index contributed by atoms with van der Waals surface area (Å²) in [7, 11) is 0. The van der Waals surface area contributed by atoms with Crippen LogP contribution in [0.4, 0.5) is 0 Å². The number of rotatable bonds is 8. The molecule has 0 spiro atoms. The Kier molecular flexibility index (Phi) is 7.55. The van der Waals surface area contributed by atoms with Crippen molar-refractivity contribution in [2.75, 3.05) is 13.1 Å². The zero-order chi connectivity index (χ0) is 16.5. The van der Waals surface area contributed by atoms with E-state index < -0.39 is 0 Å². The Morgan fingerprint density at radius 3 is 2.48 bits per heavy atom. The molecule has 0 amide bonds. The molecular weight excluding hydrogens is 324 g/mol. The van der Waals surface area contributed by atoms with E-state index in [1.54, 1.807) is 11.3 Å². The second-order valence-electron chi connectivity index (χ2n) is 5.17. The maximum absolute atomic E-state index is 4.67. The molecule has 0 aliphatic rings. The van der Waals surface area contributed by atoms with Crippen molar-refractivity contribution >= 4 is 28.6 Å². The Morgan fingerprint density at radius 2 is 1.83 bits per heavy atom. The number of thiazole rings is 1. The van der Waals surface area contributed by atoms with Crippen LogP contribution in [-0.4, -0.2) is 24.0 Å². The van der Waals surface area contributed by atoms with Crippen molar-refractivity contribution in [2.45, 2.75) is 46.6 Å². The lowest BCUT2D eigenvalue weighted by Crippen LogP contribution is -2.38. The molecule has 0 atom stereocenters. The molecule has 0 unspecified atom stereocenters. The highest BCUT2D eigenvalue weighted by molar-refractivity contribution is 7.12. The van der Waals surface area contributed by atoms with E-state index >= 15 is 0 Å². The first-order valence-corrected chi connectivity index (χ1v) is 9.91. The summed E-state index contributed by atoms with van der Waals surface area (Å²) in [6.07, 6.45) is 5.09. The van der Waals surface area contributed by atoms with Crippen LogP contribution < -0.4 is 10.6 Å². The summed E-state index contributed by atoms with van der Waals surface area (Å²) >= 11 is 3.65. The smallest absolute Gasteiger partial charge is 0.191 e. The molecule has 0 saturated carbocycles. The number of hydrogen-bond donors (Lipinski definition) is 2. The molecule has 2 aromatic rings. The van der Waals surface area contributed by atoms with E-state index in [0.717, 1.165) is 44.9 Å². The van der Waals surface area contributed by atoms with Gasteiger partial charge in [0.2, 0.25) is 0 Å². The summed E-state index contributed by atoms with van der Waals surface area (Å²) in [5.74, 6) is 0.881. The second kappa shape index (κ2) is 9.67. The average molecular weight is 351 g/mol. The van der Waals surface area contributed by atoms with Gasteiger partial charge in [0, 0.05) is 40.3 Å². The van der Waals surface area contributed by atoms with Crippen LogP contribution in [0, 0.1) is 0 Å². The van der Waals surface area contributed by atoms with Crippen molar-refractivity contribution in [3.05, 3.63) is 38.0 Å². The summed E-state index contributed by atoms with van der Waals surface area (Å²) < 4.78 is 0. The highest BCUT2D eigenvalue weighted by Crippen LogP contribution is 2.17. The molecule has 23 heavy (non-hydrogen) atoms. The summed E-state index contributed by atoms with van der Waals surface area (Å²) in [6.45, 7) is 8.90. The molecule has 0 bridgehead atoms. The van der Waals surface area contributed by atoms with Crippen molar-refractivity contribution in [1.82, 2.24) is 15.6 Å². The van der Waals surface area contributed by atoms with Crippen LogP contribution in [0.5, 0.6) is 0 Å². The van der Waals surface area contributed by atoms with Crippen LogP contribution in [0.3, 0.4) is 0 Å². The normalized spacial score (nSPS) is 11.7. The number of nitrogens with one attached hydrogen (secondary N) is 2. The van der Waals surface area contributed by atoms with Crippen LogP contribution in [-0.2, 0) is 25.8 Å². The van der Waals surface area contributed by atoms with Crippen LogP contribution in [0.25, 0.3) is 0 Å². The van der Waals surface area contributed by atoms with Gasteiger partial charge in [0.1, 0.15) is 0 Å². The van der Waals surface area contributed by atoms with E-state index in [-0.39, 0.29) is 0 Å². The Labute approximate surface area is 147 Å². The van der Waals surface area contributed by atoms with Crippen molar-refractivity contribution in [3.8, 4) is 0 Å². The van der Waals surface area contributed by atoms with E-state index in [1.807, 2.05) is 17.5 Å². The number of aromatic nitrogens is 1. The molecule has 6 heteroatoms. The highest BCUT2D eigenvalue weighted by atomic mass is 32.1. The third-order valence-corrected chi connectivity index (χ3v) is 5.80. The SMILES string of the molecule is CCNC(=NCc1ccc(CC)s1)NCCc1ncc(CC)s1. The van der Waals surface area contributed by atoms with Crippen molar-refractivity contribution in [3.63, 3.8) is 0 Å². The fourth-order valence-corrected chi connectivity index (χ4v) is 3.86. The van der Waals surface area contributed by atoms with E-state index in [4.69, 9.17) is 0 Å². The van der Waals surface area contributed by atoms with Crippen LogP contribution in [0.15, 0.2) is 23.3 Å². The predicted octanol–water partition coefficient (Wildman–Crippen LogP) is 3.63. The summed E-state index contributed by atoms with van der Waals surface area (Å²) in [6, 6.07) is 4.38. The molecule has 0 aliphatic heterocycles. The summed E-state index contributed by atoms with van der Waals surface area (Å²) in [4.78, 5) is 13.2. The predicted molar refractivity (Wildman–Crippen MR) is 102 cm³/mol. The Balaban J connectivity index is 1.83. The zero-order valence-electron chi connectivity index (χ0n) is 14.2. The molecule has 0 fully saturated rings. The third-order valence-electron chi connectivity index (χ3n) is 3.38. The van der Waals surface area contributed by atoms with Gasteiger partial charge < -0.3 is 10.6 Å². The molecule has 0 aromatic carbocycles. The molecule has 126 valence electrons. The first-order chi connectivity index (χ1) is 11.2. The van der Waals surface area contributed by atoms with Gasteiger partial charge in [0.25, 0.3) is 0 Å². The lowest BCUT2D eigenvalue weighted by atomic mass is 10.4. The Bertz CT molecular complexity index is 616. The molecule has 2 heterocycles. The van der Waals surface area contributed by atoms with E-state index in [1.165, 1.54) is 19.6 Å². The number of guanidine groups is 1. The van der Waals surface area contributed by atoms with Gasteiger partial charge in [-0.1, -0.05) is 13.8 Å². The van der Waals surface area contributed by atoms with Gasteiger partial charge in [-0.15, -0.1) is 22.7 Å². The molecule has 2 rings (SSSR count). The zero-order valence-corrected chi connectivity index (χ0v) is 15.8. The molecule has 4 nitrogen and oxygen atoms in total. The monoisotopic (exact) mass is 350 g/mol. The number of hydrogen-bond acceptors (Lipinski definition) is 4. The van der Waals surface area contributed by atoms with Crippen molar-refractivity contribution in [1.29, 1.82) is 0 Å². The average Bonchev–Trinajstić information content (AvgIpc) is 3.21. The molecule has 2 aromatic heterocycles. The maximum Gasteiger partial charge on any atom is 0.191 e. The van der Waals surface area contributed by atoms with E-state index in [0.29, 0.717) is 0 Å². The molecule has 2 N–H and O–H groups in total. The van der Waals surface area contributed by atoms with Crippen molar-refractivity contribution in [2.24, 2.45) is 4.99 Å². The number of aryl methyl sites for hydroxylation is 2. The van der Waals surface area contributed by atoms with E-state index in [2.05, 4.69) is 53.5 Å². The van der Waals surface area contributed by atoms with Gasteiger partial charge >= 0.3 is 0 Å². The van der Waals surface area contributed by atoms with Crippen LogP contribution >= 0.6 is 22.7 Å². The fourth-order valence-electron chi connectivity index (χ4n) is 2.11. The van der Waals surface area contributed by atoms with Crippen LogP contribution in [0.2, 0.25) is 0 Å². The lowest BCUT2D eigenvalue weighted by Gasteiger charge is -2.10. The molecule has 0 saturated heterocycles. The Hall–Kier alpha value is -1.40. The standard InChI is InChI=1S/C17H26N4S2/c1-4-13-7-8-15(22-13)12-21-17(18-6-3)19-10-9-16-20-11-14(5-2)23-16/h7-8,11H,4-6,9-10,12H2,1-3H3,(H2,18,19,21). The van der Waals surface area contributed by atoms with Gasteiger partial charge in [0.05, 0.1) is 11.6 Å². The second-order valence-corrected chi connectivity index (χ2v) is 7.62. The highest BCUT2D eigenvalue weighted by Gasteiger charge is 2.03. The number of thiophene rings is 1. The number of aliphatic imine (C=N–C) groups is 1. The fraction of sp³-hybridized carbons (Fsp3) is 0.529. The van der Waals surface area contributed by atoms with Gasteiger partial charge in [0.15, 0.2) is 5.96 Å². The van der Waals surface area contributed by atoms with E-state index in [9.17, 15) is 0 Å². The van der Waals surface area contributed by atoms with Gasteiger partial charge in [-0.3, -0.25) is 0 Å². The summed E-state index contributed by atoms with van der Waals surface area (Å²) in [5.41, 5.74) is 0. The minimum atomic E-state index is 0.733. The van der Waals surface area contributed by atoms with Crippen LogP contribution in [0.1, 0.15) is 40.4 Å². The molecule has 0 aliphatic carbocycles. The Morgan fingerprint density at radius 1 is 1.04 bits per heavy atom. The van der Waals surface area contributed by atoms with Crippen molar-refractivity contribution < 1.29 is 0 Å². The topological polar surface area (TPSA) is 49.3 Å². The van der Waals surface area contributed by atoms with Gasteiger partial charge in [-0.25, -0.2) is 9.98 Å². The van der Waals surface area contributed by atoms with Gasteiger partial charge in [-0.2, -0.15) is 0 Å². The summed E-state index contributed by atoms with van der Waals surface area (Å²) in [5, 5.41) is 7.89. The third kappa shape index (κ3) is 5.95. The lowest BCUT2D eigenvalue weighted by molar-refractivity contribution is 0.797. The largest absolute Gasteiger partial charge is 0.357 e. The first-order valence-electron chi connectivity index (χ1n) is 8.28. The first kappa shape index (κ1) is 17.9. The quantitative estimate of drug-likeness (QED) is 0.565. The molecule has 0 radical (unpaired) electrons. The number of nitrogens with zero attached hydrogens (tertiary/aromatic N) is 2. The molecular formula is C17H26N4S2. The minimum Gasteiger partial charge on any atom is -0.357 e. The van der Waals surface area contributed by atoms with Gasteiger partial charge in [-0.05, 0) is 31.9 Å². The minimum absolute atomic E-state index is 0.733.